The molecule has 0 aromatic heterocycles. The van der Waals surface area contributed by atoms with Crippen molar-refractivity contribution in [1.29, 1.82) is 0 Å². The summed E-state index contributed by atoms with van der Waals surface area (Å²) in [6.45, 7) is 3.09. The molecule has 0 radical (unpaired) electrons. The molecule has 1 aromatic rings. The second kappa shape index (κ2) is 7.34. The molecule has 0 unspecified atom stereocenters. The fourth-order valence-electron chi connectivity index (χ4n) is 2.48. The summed E-state index contributed by atoms with van der Waals surface area (Å²) in [5.74, 6) is 0.705. The molecule has 1 heterocycles. The molecule has 0 aliphatic carbocycles. The van der Waals surface area contributed by atoms with Crippen LogP contribution >= 0.6 is 23.2 Å². The van der Waals surface area contributed by atoms with Crippen LogP contribution in [0.25, 0.3) is 0 Å². The Balaban J connectivity index is 1.82. The molecule has 1 fully saturated rings. The molecule has 1 aliphatic heterocycles. The Morgan fingerprint density at radius 2 is 1.90 bits per heavy atom. The Bertz CT molecular complexity index is 479. The summed E-state index contributed by atoms with van der Waals surface area (Å²) < 4.78 is 5.45. The summed E-state index contributed by atoms with van der Waals surface area (Å²) in [6.07, 6.45) is 1.34. The van der Waals surface area contributed by atoms with E-state index in [0.717, 1.165) is 12.8 Å². The van der Waals surface area contributed by atoms with E-state index < -0.39 is 0 Å². The second-order valence-corrected chi connectivity index (χ2v) is 6.23. The molecule has 0 saturated carbocycles. The van der Waals surface area contributed by atoms with Gasteiger partial charge in [0.2, 0.25) is 0 Å². The lowest BCUT2D eigenvalue weighted by molar-refractivity contribution is -0.135. The van der Waals surface area contributed by atoms with Crippen LogP contribution in [0.2, 0.25) is 10.0 Å². The van der Waals surface area contributed by atoms with Gasteiger partial charge in [-0.1, -0.05) is 23.2 Å². The molecule has 2 rings (SSSR count). The monoisotopic (exact) mass is 331 g/mol. The number of likely N-dealkylation sites (tertiary alicyclic amines) is 1. The minimum atomic E-state index is -0.313. The predicted octanol–water partition coefficient (Wildman–Crippen LogP) is 2.99. The highest BCUT2D eigenvalue weighted by molar-refractivity contribution is 6.34. The maximum atomic E-state index is 12.1. The topological polar surface area (TPSA) is 49.8 Å². The third-order valence-electron chi connectivity index (χ3n) is 3.77. The summed E-state index contributed by atoms with van der Waals surface area (Å²) in [7, 11) is 0. The van der Waals surface area contributed by atoms with Crippen LogP contribution < -0.4 is 4.74 Å². The minimum Gasteiger partial charge on any atom is -0.484 e. The Morgan fingerprint density at radius 1 is 1.33 bits per heavy atom. The molecule has 1 saturated heterocycles. The Morgan fingerprint density at radius 3 is 2.43 bits per heavy atom. The van der Waals surface area contributed by atoms with Crippen LogP contribution in [0.3, 0.4) is 0 Å². The van der Waals surface area contributed by atoms with Crippen molar-refractivity contribution in [3.05, 3.63) is 28.2 Å². The van der Waals surface area contributed by atoms with Crippen molar-refractivity contribution in [1.82, 2.24) is 4.90 Å². The summed E-state index contributed by atoms with van der Waals surface area (Å²) in [5, 5.41) is 10.5. The molecule has 4 nitrogen and oxygen atoms in total. The molecule has 1 N–H and O–H groups in total. The number of aliphatic hydroxyl groups excluding tert-OH is 1. The van der Waals surface area contributed by atoms with Gasteiger partial charge in [-0.25, -0.2) is 0 Å². The molecule has 21 heavy (non-hydrogen) atoms. The standard InChI is InChI=1S/C15H19Cl2NO3/c1-10(19)11-2-4-18(5-3-11)15(20)9-21-14-7-12(16)6-13(17)8-14/h6-8,10-11,19H,2-5,9H2,1H3/t10-/m0/s1. The van der Waals surface area contributed by atoms with E-state index in [2.05, 4.69) is 0 Å². The Kier molecular flexibility index (Phi) is 5.73. The zero-order valence-electron chi connectivity index (χ0n) is 11.9. The summed E-state index contributed by atoms with van der Waals surface area (Å²) in [4.78, 5) is 13.9. The van der Waals surface area contributed by atoms with E-state index in [-0.39, 0.29) is 24.5 Å². The van der Waals surface area contributed by atoms with Gasteiger partial charge in [-0.05, 0) is 43.9 Å². The molecule has 0 bridgehead atoms. The SMILES string of the molecule is C[C@H](O)C1CCN(C(=O)COc2cc(Cl)cc(Cl)c2)CC1. The number of piperidine rings is 1. The zero-order chi connectivity index (χ0) is 15.4. The molecular weight excluding hydrogens is 313 g/mol. The first-order valence-corrected chi connectivity index (χ1v) is 7.76. The smallest absolute Gasteiger partial charge is 0.260 e. The number of ether oxygens (including phenoxy) is 1. The maximum absolute atomic E-state index is 12.1. The molecule has 1 aromatic carbocycles. The van der Waals surface area contributed by atoms with Gasteiger partial charge in [0.15, 0.2) is 6.61 Å². The van der Waals surface area contributed by atoms with E-state index in [1.165, 1.54) is 0 Å². The number of hydrogen-bond donors (Lipinski definition) is 1. The lowest BCUT2D eigenvalue weighted by Crippen LogP contribution is -2.42. The number of hydrogen-bond acceptors (Lipinski definition) is 3. The molecule has 0 spiro atoms. The molecule has 1 amide bonds. The van der Waals surface area contributed by atoms with E-state index in [0.29, 0.717) is 28.9 Å². The second-order valence-electron chi connectivity index (χ2n) is 5.35. The van der Waals surface area contributed by atoms with E-state index in [1.54, 1.807) is 30.0 Å². The summed E-state index contributed by atoms with van der Waals surface area (Å²) in [6, 6.07) is 4.86. The van der Waals surface area contributed by atoms with Crippen LogP contribution in [-0.4, -0.2) is 41.7 Å². The lowest BCUT2D eigenvalue weighted by Gasteiger charge is -2.33. The van der Waals surface area contributed by atoms with Gasteiger partial charge < -0.3 is 14.7 Å². The van der Waals surface area contributed by atoms with Crippen LogP contribution in [0.1, 0.15) is 19.8 Å². The molecular formula is C15H19Cl2NO3. The lowest BCUT2D eigenvalue weighted by atomic mass is 9.92. The molecule has 1 aliphatic rings. The quantitative estimate of drug-likeness (QED) is 0.922. The largest absolute Gasteiger partial charge is 0.484 e. The van der Waals surface area contributed by atoms with Crippen LogP contribution in [0, 0.1) is 5.92 Å². The van der Waals surface area contributed by atoms with Crippen molar-refractivity contribution >= 4 is 29.1 Å². The fraction of sp³-hybridized carbons (Fsp3) is 0.533. The van der Waals surface area contributed by atoms with Gasteiger partial charge in [0.25, 0.3) is 5.91 Å². The normalized spacial score (nSPS) is 17.6. The van der Waals surface area contributed by atoms with E-state index in [9.17, 15) is 9.90 Å². The minimum absolute atomic E-state index is 0.0317. The maximum Gasteiger partial charge on any atom is 0.260 e. The number of halogens is 2. The van der Waals surface area contributed by atoms with Crippen molar-refractivity contribution in [2.24, 2.45) is 5.92 Å². The van der Waals surface area contributed by atoms with Gasteiger partial charge >= 0.3 is 0 Å². The highest BCUT2D eigenvalue weighted by atomic mass is 35.5. The van der Waals surface area contributed by atoms with Crippen molar-refractivity contribution in [3.8, 4) is 5.75 Å². The molecule has 6 heteroatoms. The third kappa shape index (κ3) is 4.77. The van der Waals surface area contributed by atoms with Gasteiger partial charge in [-0.2, -0.15) is 0 Å². The number of benzene rings is 1. The van der Waals surface area contributed by atoms with E-state index >= 15 is 0 Å². The van der Waals surface area contributed by atoms with Gasteiger partial charge in [0.1, 0.15) is 5.75 Å². The first-order valence-electron chi connectivity index (χ1n) is 7.00. The average molecular weight is 332 g/mol. The third-order valence-corrected chi connectivity index (χ3v) is 4.21. The van der Waals surface area contributed by atoms with Gasteiger partial charge in [-0.3, -0.25) is 4.79 Å². The highest BCUT2D eigenvalue weighted by Gasteiger charge is 2.25. The van der Waals surface area contributed by atoms with E-state index in [1.807, 2.05) is 0 Å². The first kappa shape index (κ1) is 16.4. The van der Waals surface area contributed by atoms with Crippen LogP contribution in [-0.2, 0) is 4.79 Å². The molecule has 1 atom stereocenters. The van der Waals surface area contributed by atoms with Crippen molar-refractivity contribution in [2.45, 2.75) is 25.9 Å². The van der Waals surface area contributed by atoms with Crippen molar-refractivity contribution in [3.63, 3.8) is 0 Å². The zero-order valence-corrected chi connectivity index (χ0v) is 13.4. The number of amides is 1. The van der Waals surface area contributed by atoms with Crippen molar-refractivity contribution < 1.29 is 14.6 Å². The highest BCUT2D eigenvalue weighted by Crippen LogP contribution is 2.24. The fourth-order valence-corrected chi connectivity index (χ4v) is 2.99. The van der Waals surface area contributed by atoms with Crippen LogP contribution in [0.5, 0.6) is 5.75 Å². The predicted molar refractivity (Wildman–Crippen MR) is 82.9 cm³/mol. The van der Waals surface area contributed by atoms with Gasteiger partial charge in [0.05, 0.1) is 6.10 Å². The number of carbonyl (C=O) groups is 1. The number of aliphatic hydroxyl groups is 1. The summed E-state index contributed by atoms with van der Waals surface area (Å²) >= 11 is 11.8. The van der Waals surface area contributed by atoms with Gasteiger partial charge in [0, 0.05) is 23.1 Å². The van der Waals surface area contributed by atoms with Gasteiger partial charge in [-0.15, -0.1) is 0 Å². The van der Waals surface area contributed by atoms with Crippen LogP contribution in [0.4, 0.5) is 0 Å². The number of nitrogens with zero attached hydrogens (tertiary/aromatic N) is 1. The Hall–Kier alpha value is -0.970. The average Bonchev–Trinajstić information content (AvgIpc) is 2.44. The van der Waals surface area contributed by atoms with E-state index in [4.69, 9.17) is 27.9 Å². The first-order chi connectivity index (χ1) is 9.95. The van der Waals surface area contributed by atoms with Crippen LogP contribution in [0.15, 0.2) is 18.2 Å². The molecule has 116 valence electrons. The van der Waals surface area contributed by atoms with Crippen molar-refractivity contribution in [2.75, 3.05) is 19.7 Å². The number of carbonyl (C=O) groups excluding carboxylic acids is 1. The summed E-state index contributed by atoms with van der Waals surface area (Å²) in [5.41, 5.74) is 0. The number of rotatable bonds is 4. The Labute approximate surface area is 134 Å².